The quantitative estimate of drug-likeness (QED) is 0.809. The van der Waals surface area contributed by atoms with Gasteiger partial charge < -0.3 is 15.4 Å². The van der Waals surface area contributed by atoms with Gasteiger partial charge in [0.05, 0.1) is 7.11 Å². The van der Waals surface area contributed by atoms with E-state index in [1.807, 2.05) is 49.4 Å². The van der Waals surface area contributed by atoms with Gasteiger partial charge >= 0.3 is 0 Å². The molecule has 2 aromatic carbocycles. The van der Waals surface area contributed by atoms with Crippen LogP contribution in [-0.4, -0.2) is 19.6 Å². The fourth-order valence-corrected chi connectivity index (χ4v) is 2.25. The minimum atomic E-state index is -0.0166. The molecule has 0 bridgehead atoms. The number of hydrogen-bond donors (Lipinski definition) is 2. The van der Waals surface area contributed by atoms with Crippen LogP contribution in [0.1, 0.15) is 12.0 Å². The summed E-state index contributed by atoms with van der Waals surface area (Å²) in [5.41, 5.74) is 2.84. The van der Waals surface area contributed by atoms with Gasteiger partial charge in [-0.15, -0.1) is 0 Å². The van der Waals surface area contributed by atoms with Gasteiger partial charge in [0.15, 0.2) is 0 Å². The lowest BCUT2D eigenvalue weighted by molar-refractivity contribution is -0.115. The van der Waals surface area contributed by atoms with E-state index in [4.69, 9.17) is 4.74 Å². The molecule has 0 saturated heterocycles. The molecular weight excluding hydrogens is 344 g/mol. The van der Waals surface area contributed by atoms with Gasteiger partial charge in [-0.1, -0.05) is 22.0 Å². The maximum atomic E-state index is 11.9. The summed E-state index contributed by atoms with van der Waals surface area (Å²) >= 11 is 3.44. The van der Waals surface area contributed by atoms with Gasteiger partial charge in [0, 0.05) is 34.9 Å². The molecule has 0 atom stereocenters. The number of methoxy groups -OCH3 is 1. The highest BCUT2D eigenvalue weighted by atomic mass is 79.9. The lowest BCUT2D eigenvalue weighted by atomic mass is 10.2. The number of aryl methyl sites for hydroxylation is 1. The molecule has 0 radical (unpaired) electrons. The van der Waals surface area contributed by atoms with Crippen LogP contribution in [0.2, 0.25) is 0 Å². The van der Waals surface area contributed by atoms with Crippen LogP contribution in [-0.2, 0) is 4.79 Å². The van der Waals surface area contributed by atoms with E-state index in [0.717, 1.165) is 27.2 Å². The van der Waals surface area contributed by atoms with Crippen molar-refractivity contribution < 1.29 is 9.53 Å². The largest absolute Gasteiger partial charge is 0.497 e. The molecule has 4 nitrogen and oxygen atoms in total. The van der Waals surface area contributed by atoms with Gasteiger partial charge in [-0.2, -0.15) is 0 Å². The minimum absolute atomic E-state index is 0.0166. The monoisotopic (exact) mass is 362 g/mol. The molecule has 22 heavy (non-hydrogen) atoms. The Morgan fingerprint density at radius 3 is 2.73 bits per heavy atom. The molecule has 0 saturated carbocycles. The smallest absolute Gasteiger partial charge is 0.226 e. The first-order valence-corrected chi connectivity index (χ1v) is 7.81. The zero-order chi connectivity index (χ0) is 15.9. The third-order valence-electron chi connectivity index (χ3n) is 3.19. The Labute approximate surface area is 139 Å². The zero-order valence-corrected chi connectivity index (χ0v) is 14.2. The maximum absolute atomic E-state index is 11.9. The van der Waals surface area contributed by atoms with E-state index in [9.17, 15) is 4.79 Å². The molecule has 5 heteroatoms. The van der Waals surface area contributed by atoms with Crippen LogP contribution < -0.4 is 15.4 Å². The Kier molecular flexibility index (Phi) is 5.83. The van der Waals surface area contributed by atoms with Crippen LogP contribution in [0.3, 0.4) is 0 Å². The van der Waals surface area contributed by atoms with Gasteiger partial charge in [-0.3, -0.25) is 4.79 Å². The number of carbonyl (C=O) groups excluding carboxylic acids is 1. The SMILES string of the molecule is COc1cccc(NCCC(=O)Nc2ccc(Br)c(C)c2)c1. The predicted molar refractivity (Wildman–Crippen MR) is 93.6 cm³/mol. The normalized spacial score (nSPS) is 10.1. The predicted octanol–water partition coefficient (Wildman–Crippen LogP) is 4.21. The Hall–Kier alpha value is -2.01. The van der Waals surface area contributed by atoms with Crippen LogP contribution in [0.4, 0.5) is 11.4 Å². The van der Waals surface area contributed by atoms with E-state index in [0.29, 0.717) is 13.0 Å². The standard InChI is InChI=1S/C17H19BrN2O2/c1-12-10-14(6-7-16(12)18)20-17(21)8-9-19-13-4-3-5-15(11-13)22-2/h3-7,10-11,19H,8-9H2,1-2H3,(H,20,21). The van der Waals surface area contributed by atoms with E-state index in [2.05, 4.69) is 26.6 Å². The highest BCUT2D eigenvalue weighted by Gasteiger charge is 2.04. The van der Waals surface area contributed by atoms with E-state index >= 15 is 0 Å². The second kappa shape index (κ2) is 7.84. The summed E-state index contributed by atoms with van der Waals surface area (Å²) in [6.45, 7) is 2.55. The van der Waals surface area contributed by atoms with Crippen molar-refractivity contribution in [3.05, 3.63) is 52.5 Å². The average Bonchev–Trinajstić information content (AvgIpc) is 2.51. The molecule has 1 amide bonds. The lowest BCUT2D eigenvalue weighted by Crippen LogP contribution is -2.16. The summed E-state index contributed by atoms with van der Waals surface area (Å²) in [7, 11) is 1.63. The van der Waals surface area contributed by atoms with E-state index in [-0.39, 0.29) is 5.91 Å². The molecule has 2 aromatic rings. The van der Waals surface area contributed by atoms with Crippen molar-refractivity contribution >= 4 is 33.2 Å². The number of nitrogens with one attached hydrogen (secondary N) is 2. The fourth-order valence-electron chi connectivity index (χ4n) is 2.00. The Balaban J connectivity index is 1.81. The number of ether oxygens (including phenoxy) is 1. The number of benzene rings is 2. The number of carbonyl (C=O) groups is 1. The molecular formula is C17H19BrN2O2. The molecule has 0 spiro atoms. The Morgan fingerprint density at radius 1 is 1.18 bits per heavy atom. The van der Waals surface area contributed by atoms with Crippen molar-refractivity contribution in [2.24, 2.45) is 0 Å². The second-order valence-corrected chi connectivity index (χ2v) is 5.78. The minimum Gasteiger partial charge on any atom is -0.497 e. The summed E-state index contributed by atoms with van der Waals surface area (Å²) in [4.78, 5) is 11.9. The van der Waals surface area contributed by atoms with Crippen LogP contribution in [0.25, 0.3) is 0 Å². The van der Waals surface area contributed by atoms with Crippen LogP contribution in [0, 0.1) is 6.92 Å². The van der Waals surface area contributed by atoms with Crippen molar-refractivity contribution in [1.29, 1.82) is 0 Å². The number of halogens is 1. The number of amides is 1. The highest BCUT2D eigenvalue weighted by molar-refractivity contribution is 9.10. The third-order valence-corrected chi connectivity index (χ3v) is 4.08. The first-order chi connectivity index (χ1) is 10.6. The van der Waals surface area contributed by atoms with Crippen molar-refractivity contribution in [3.63, 3.8) is 0 Å². The van der Waals surface area contributed by atoms with Gasteiger partial charge in [-0.05, 0) is 42.8 Å². The molecule has 0 aromatic heterocycles. The van der Waals surface area contributed by atoms with Crippen molar-refractivity contribution in [2.45, 2.75) is 13.3 Å². The molecule has 2 rings (SSSR count). The van der Waals surface area contributed by atoms with E-state index in [1.165, 1.54) is 0 Å². The topological polar surface area (TPSA) is 50.4 Å². The third kappa shape index (κ3) is 4.77. The van der Waals surface area contributed by atoms with Crippen LogP contribution >= 0.6 is 15.9 Å². The molecule has 116 valence electrons. The average molecular weight is 363 g/mol. The molecule has 0 unspecified atom stereocenters. The first-order valence-electron chi connectivity index (χ1n) is 7.02. The van der Waals surface area contributed by atoms with Crippen molar-refractivity contribution in [2.75, 3.05) is 24.3 Å². The van der Waals surface area contributed by atoms with Gasteiger partial charge in [0.1, 0.15) is 5.75 Å². The summed E-state index contributed by atoms with van der Waals surface area (Å²) in [6.07, 6.45) is 0.395. The first kappa shape index (κ1) is 16.4. The van der Waals surface area contributed by atoms with Crippen LogP contribution in [0.5, 0.6) is 5.75 Å². The molecule has 0 heterocycles. The summed E-state index contributed by atoms with van der Waals surface area (Å²) in [5.74, 6) is 0.775. The number of hydrogen-bond acceptors (Lipinski definition) is 3. The van der Waals surface area contributed by atoms with Gasteiger partial charge in [0.25, 0.3) is 0 Å². The van der Waals surface area contributed by atoms with Gasteiger partial charge in [0.2, 0.25) is 5.91 Å². The molecule has 0 aliphatic carbocycles. The van der Waals surface area contributed by atoms with Crippen LogP contribution in [0.15, 0.2) is 46.9 Å². The van der Waals surface area contributed by atoms with Crippen molar-refractivity contribution in [3.8, 4) is 5.75 Å². The summed E-state index contributed by atoms with van der Waals surface area (Å²) in [6, 6.07) is 13.4. The maximum Gasteiger partial charge on any atom is 0.226 e. The number of anilines is 2. The van der Waals surface area contributed by atoms with E-state index in [1.54, 1.807) is 7.11 Å². The van der Waals surface area contributed by atoms with Crippen molar-refractivity contribution in [1.82, 2.24) is 0 Å². The highest BCUT2D eigenvalue weighted by Crippen LogP contribution is 2.20. The zero-order valence-electron chi connectivity index (χ0n) is 12.7. The summed E-state index contributed by atoms with van der Waals surface area (Å²) in [5, 5.41) is 6.10. The Bertz CT molecular complexity index is 659. The van der Waals surface area contributed by atoms with Gasteiger partial charge in [-0.25, -0.2) is 0 Å². The molecule has 0 aliphatic rings. The summed E-state index contributed by atoms with van der Waals surface area (Å²) < 4.78 is 6.19. The molecule has 2 N–H and O–H groups in total. The second-order valence-electron chi connectivity index (χ2n) is 4.92. The number of rotatable bonds is 6. The fraction of sp³-hybridized carbons (Fsp3) is 0.235. The van der Waals surface area contributed by atoms with E-state index < -0.39 is 0 Å². The lowest BCUT2D eigenvalue weighted by Gasteiger charge is -2.09. The molecule has 0 aliphatic heterocycles. The Morgan fingerprint density at radius 2 is 2.00 bits per heavy atom. The molecule has 0 fully saturated rings.